The number of para-hydroxylation sites is 2. The Hall–Kier alpha value is -2.33. The quantitative estimate of drug-likeness (QED) is 0.808. The topological polar surface area (TPSA) is 47.6 Å². The van der Waals surface area contributed by atoms with Crippen LogP contribution in [0.4, 0.5) is 5.69 Å². The first-order valence-corrected chi connectivity index (χ1v) is 10.0. The van der Waals surface area contributed by atoms with E-state index < -0.39 is 0 Å². The Labute approximate surface area is 160 Å². The number of aryl methyl sites for hydroxylation is 1. The molecule has 0 saturated carbocycles. The molecule has 4 nitrogen and oxygen atoms in total. The van der Waals surface area contributed by atoms with Gasteiger partial charge in [-0.1, -0.05) is 36.4 Å². The largest absolute Gasteiger partial charge is 0.489 e. The van der Waals surface area contributed by atoms with Crippen LogP contribution >= 0.6 is 0 Å². The summed E-state index contributed by atoms with van der Waals surface area (Å²) in [5.41, 5.74) is 3.45. The minimum Gasteiger partial charge on any atom is -0.489 e. The van der Waals surface area contributed by atoms with Gasteiger partial charge in [0.15, 0.2) is 0 Å². The van der Waals surface area contributed by atoms with Gasteiger partial charge in [0.25, 0.3) is 0 Å². The Morgan fingerprint density at radius 3 is 2.81 bits per heavy atom. The average molecular weight is 365 g/mol. The Bertz CT molecular complexity index is 783. The number of amides is 1. The second-order valence-electron chi connectivity index (χ2n) is 7.48. The van der Waals surface area contributed by atoms with Crippen LogP contribution in [0.2, 0.25) is 0 Å². The second-order valence-corrected chi connectivity index (χ2v) is 7.48. The van der Waals surface area contributed by atoms with Crippen molar-refractivity contribution in [1.29, 1.82) is 0 Å². The molecule has 142 valence electrons. The number of ether oxygens (including phenoxy) is 2. The SMILES string of the molecule is O=C(CC1CCc2ccccc21)Nc1ccccc1OCC1CCCCO1. The summed E-state index contributed by atoms with van der Waals surface area (Å²) in [5, 5.41) is 3.05. The number of anilines is 1. The van der Waals surface area contributed by atoms with E-state index in [0.29, 0.717) is 24.7 Å². The van der Waals surface area contributed by atoms with Crippen LogP contribution in [0, 0.1) is 0 Å². The van der Waals surface area contributed by atoms with Gasteiger partial charge in [-0.15, -0.1) is 0 Å². The Morgan fingerprint density at radius 1 is 1.07 bits per heavy atom. The minimum absolute atomic E-state index is 0.0432. The number of fused-ring (bicyclic) bond motifs is 1. The van der Waals surface area contributed by atoms with Crippen LogP contribution in [0.15, 0.2) is 48.5 Å². The fourth-order valence-electron chi connectivity index (χ4n) is 4.10. The van der Waals surface area contributed by atoms with E-state index in [9.17, 15) is 4.79 Å². The summed E-state index contributed by atoms with van der Waals surface area (Å²) in [4.78, 5) is 12.6. The third-order valence-corrected chi connectivity index (χ3v) is 5.55. The van der Waals surface area contributed by atoms with Crippen LogP contribution in [-0.4, -0.2) is 25.2 Å². The van der Waals surface area contributed by atoms with Crippen LogP contribution in [0.25, 0.3) is 0 Å². The molecule has 2 atom stereocenters. The van der Waals surface area contributed by atoms with Gasteiger partial charge in [0.1, 0.15) is 12.4 Å². The molecule has 4 rings (SSSR count). The highest BCUT2D eigenvalue weighted by Crippen LogP contribution is 2.35. The molecule has 1 aliphatic carbocycles. The van der Waals surface area contributed by atoms with Crippen molar-refractivity contribution in [2.24, 2.45) is 0 Å². The van der Waals surface area contributed by atoms with Gasteiger partial charge in [-0.25, -0.2) is 0 Å². The standard InChI is InChI=1S/C23H27NO3/c25-23(15-18-13-12-17-7-1-2-9-20(17)18)24-21-10-3-4-11-22(21)27-16-19-8-5-6-14-26-19/h1-4,7,9-11,18-19H,5-6,8,12-16H2,(H,24,25). The Morgan fingerprint density at radius 2 is 1.93 bits per heavy atom. The van der Waals surface area contributed by atoms with Gasteiger partial charge in [-0.05, 0) is 61.3 Å². The van der Waals surface area contributed by atoms with E-state index in [1.807, 2.05) is 24.3 Å². The van der Waals surface area contributed by atoms with Gasteiger partial charge in [0.2, 0.25) is 5.91 Å². The highest BCUT2D eigenvalue weighted by atomic mass is 16.5. The fourth-order valence-corrected chi connectivity index (χ4v) is 4.10. The monoisotopic (exact) mass is 365 g/mol. The molecule has 1 fully saturated rings. The molecule has 2 unspecified atom stereocenters. The zero-order valence-corrected chi connectivity index (χ0v) is 15.7. The van der Waals surface area contributed by atoms with Crippen molar-refractivity contribution >= 4 is 11.6 Å². The minimum atomic E-state index is 0.0432. The number of benzene rings is 2. The summed E-state index contributed by atoms with van der Waals surface area (Å²) in [6, 6.07) is 16.1. The third-order valence-electron chi connectivity index (χ3n) is 5.55. The van der Waals surface area contributed by atoms with E-state index in [2.05, 4.69) is 29.6 Å². The predicted octanol–water partition coefficient (Wildman–Crippen LogP) is 4.69. The number of carbonyl (C=O) groups excluding carboxylic acids is 1. The van der Waals surface area contributed by atoms with Crippen LogP contribution < -0.4 is 10.1 Å². The molecule has 1 heterocycles. The van der Waals surface area contributed by atoms with Crippen LogP contribution in [0.3, 0.4) is 0 Å². The first-order chi connectivity index (χ1) is 13.3. The van der Waals surface area contributed by atoms with Crippen molar-refractivity contribution in [2.75, 3.05) is 18.5 Å². The molecule has 0 aromatic heterocycles. The highest BCUT2D eigenvalue weighted by Gasteiger charge is 2.24. The van der Waals surface area contributed by atoms with Crippen molar-refractivity contribution < 1.29 is 14.3 Å². The smallest absolute Gasteiger partial charge is 0.225 e. The molecule has 0 bridgehead atoms. The van der Waals surface area contributed by atoms with Crippen molar-refractivity contribution in [3.05, 3.63) is 59.7 Å². The normalized spacial score (nSPS) is 21.5. The Kier molecular flexibility index (Phi) is 5.73. The van der Waals surface area contributed by atoms with Gasteiger partial charge in [-0.3, -0.25) is 4.79 Å². The lowest BCUT2D eigenvalue weighted by Crippen LogP contribution is -2.26. The summed E-state index contributed by atoms with van der Waals surface area (Å²) in [6.07, 6.45) is 6.13. The van der Waals surface area contributed by atoms with Gasteiger partial charge >= 0.3 is 0 Å². The van der Waals surface area contributed by atoms with Crippen LogP contribution in [0.1, 0.15) is 49.1 Å². The molecular weight excluding hydrogens is 338 g/mol. The lowest BCUT2D eigenvalue weighted by molar-refractivity contribution is -0.116. The van der Waals surface area contributed by atoms with Gasteiger partial charge < -0.3 is 14.8 Å². The van der Waals surface area contributed by atoms with E-state index in [0.717, 1.165) is 38.0 Å². The molecule has 2 aromatic rings. The first-order valence-electron chi connectivity index (χ1n) is 10.0. The Balaban J connectivity index is 1.35. The number of hydrogen-bond acceptors (Lipinski definition) is 3. The van der Waals surface area contributed by atoms with Gasteiger partial charge in [0.05, 0.1) is 11.8 Å². The zero-order valence-electron chi connectivity index (χ0n) is 15.7. The van der Waals surface area contributed by atoms with E-state index in [1.165, 1.54) is 17.5 Å². The fraction of sp³-hybridized carbons (Fsp3) is 0.435. The lowest BCUT2D eigenvalue weighted by atomic mass is 9.97. The van der Waals surface area contributed by atoms with E-state index in [-0.39, 0.29) is 12.0 Å². The van der Waals surface area contributed by atoms with Crippen molar-refractivity contribution in [2.45, 2.75) is 50.5 Å². The van der Waals surface area contributed by atoms with Crippen molar-refractivity contribution in [3.8, 4) is 5.75 Å². The second kappa shape index (κ2) is 8.57. The summed E-state index contributed by atoms with van der Waals surface area (Å²) in [5.74, 6) is 1.07. The number of carbonyl (C=O) groups is 1. The molecular formula is C23H27NO3. The maximum absolute atomic E-state index is 12.6. The number of nitrogens with one attached hydrogen (secondary N) is 1. The van der Waals surface area contributed by atoms with E-state index in [4.69, 9.17) is 9.47 Å². The van der Waals surface area contributed by atoms with Crippen molar-refractivity contribution in [3.63, 3.8) is 0 Å². The van der Waals surface area contributed by atoms with Crippen molar-refractivity contribution in [1.82, 2.24) is 0 Å². The molecule has 1 amide bonds. The maximum Gasteiger partial charge on any atom is 0.225 e. The first kappa shape index (κ1) is 18.1. The average Bonchev–Trinajstić information content (AvgIpc) is 3.11. The summed E-state index contributed by atoms with van der Waals surface area (Å²) >= 11 is 0. The van der Waals surface area contributed by atoms with E-state index >= 15 is 0 Å². The lowest BCUT2D eigenvalue weighted by Gasteiger charge is -2.23. The molecule has 4 heteroatoms. The van der Waals surface area contributed by atoms with E-state index in [1.54, 1.807) is 0 Å². The molecule has 2 aliphatic rings. The zero-order chi connectivity index (χ0) is 18.5. The molecule has 0 radical (unpaired) electrons. The van der Waals surface area contributed by atoms with Gasteiger partial charge in [0, 0.05) is 13.0 Å². The molecule has 2 aromatic carbocycles. The summed E-state index contributed by atoms with van der Waals surface area (Å²) in [7, 11) is 0. The number of hydrogen-bond donors (Lipinski definition) is 1. The van der Waals surface area contributed by atoms with Gasteiger partial charge in [-0.2, -0.15) is 0 Å². The highest BCUT2D eigenvalue weighted by molar-refractivity contribution is 5.92. The van der Waals surface area contributed by atoms with Crippen LogP contribution in [0.5, 0.6) is 5.75 Å². The van der Waals surface area contributed by atoms with Crippen LogP contribution in [-0.2, 0) is 16.0 Å². The summed E-state index contributed by atoms with van der Waals surface area (Å²) < 4.78 is 11.7. The number of rotatable bonds is 6. The molecule has 27 heavy (non-hydrogen) atoms. The molecule has 0 spiro atoms. The maximum atomic E-state index is 12.6. The molecule has 1 saturated heterocycles. The summed E-state index contributed by atoms with van der Waals surface area (Å²) in [6.45, 7) is 1.35. The molecule has 1 N–H and O–H groups in total. The third kappa shape index (κ3) is 4.51. The predicted molar refractivity (Wildman–Crippen MR) is 106 cm³/mol. The molecule has 1 aliphatic heterocycles.